The normalized spacial score (nSPS) is 12.6. The van der Waals surface area contributed by atoms with Crippen molar-refractivity contribution in [3.05, 3.63) is 59.6 Å². The maximum atomic E-state index is 13.0. The summed E-state index contributed by atoms with van der Waals surface area (Å²) in [6.07, 6.45) is 11.0. The molecule has 0 saturated heterocycles. The molecule has 0 aliphatic carbocycles. The molecule has 10 heteroatoms. The third kappa shape index (κ3) is 14.0. The van der Waals surface area contributed by atoms with Crippen LogP contribution >= 0.6 is 11.8 Å². The van der Waals surface area contributed by atoms with Crippen LogP contribution in [-0.4, -0.2) is 82.9 Å². The van der Waals surface area contributed by atoms with Crippen LogP contribution < -0.4 is 14.9 Å². The highest BCUT2D eigenvalue weighted by Crippen LogP contribution is 2.29. The second-order valence-electron chi connectivity index (χ2n) is 8.72. The highest BCUT2D eigenvalue weighted by molar-refractivity contribution is 8.00. The van der Waals surface area contributed by atoms with Crippen LogP contribution in [0.5, 0.6) is 11.5 Å². The topological polar surface area (TPSA) is 94.0 Å². The number of hydrogen-bond donors (Lipinski definition) is 1. The van der Waals surface area contributed by atoms with Crippen LogP contribution in [0.3, 0.4) is 0 Å². The minimum Gasteiger partial charge on any atom is -0.493 e. The Kier molecular flexibility index (Phi) is 22.3. The van der Waals surface area contributed by atoms with Crippen LogP contribution in [0.15, 0.2) is 64.1 Å². The average Bonchev–Trinajstić information content (AvgIpc) is 3.03. The molecule has 0 fully saturated rings. The molecule has 1 unspecified atom stereocenters. The summed E-state index contributed by atoms with van der Waals surface area (Å²) in [5, 5.41) is 3.12. The fourth-order valence-electron chi connectivity index (χ4n) is 3.76. The summed E-state index contributed by atoms with van der Waals surface area (Å²) in [6.45, 7) is 12.9. The summed E-state index contributed by atoms with van der Waals surface area (Å²) in [7, 11) is 8.19. The molecule has 1 atom stereocenters. The van der Waals surface area contributed by atoms with Gasteiger partial charge in [0.1, 0.15) is 0 Å². The Morgan fingerprint density at radius 2 is 1.64 bits per heavy atom. The predicted octanol–water partition coefficient (Wildman–Crippen LogP) is 6.46. The first-order chi connectivity index (χ1) is 20.3. The van der Waals surface area contributed by atoms with E-state index in [1.807, 2.05) is 54.3 Å². The molecule has 9 nitrogen and oxygen atoms in total. The van der Waals surface area contributed by atoms with Gasteiger partial charge >= 0.3 is 0 Å². The van der Waals surface area contributed by atoms with E-state index < -0.39 is 0 Å². The molecule has 1 rings (SSSR count). The molecule has 0 radical (unpaired) electrons. The van der Waals surface area contributed by atoms with Gasteiger partial charge in [-0.25, -0.2) is 0 Å². The largest absolute Gasteiger partial charge is 0.493 e. The molecule has 0 bridgehead atoms. The van der Waals surface area contributed by atoms with Crippen molar-refractivity contribution in [2.45, 2.75) is 58.6 Å². The summed E-state index contributed by atoms with van der Waals surface area (Å²) in [5.74, 6) is 3.24. The van der Waals surface area contributed by atoms with E-state index in [1.54, 1.807) is 47.2 Å². The van der Waals surface area contributed by atoms with Gasteiger partial charge in [0.2, 0.25) is 5.91 Å². The van der Waals surface area contributed by atoms with Gasteiger partial charge < -0.3 is 29.3 Å². The summed E-state index contributed by atoms with van der Waals surface area (Å²) in [4.78, 5) is 19.9. The average molecular weight is 605 g/mol. The number of ether oxygens (including phenoxy) is 4. The first-order valence-electron chi connectivity index (χ1n) is 14.3. The van der Waals surface area contributed by atoms with Gasteiger partial charge in [0.05, 0.1) is 39.6 Å². The van der Waals surface area contributed by atoms with Crippen LogP contribution in [0.1, 0.15) is 58.9 Å². The van der Waals surface area contributed by atoms with Crippen LogP contribution in [-0.2, 0) is 14.3 Å². The van der Waals surface area contributed by atoms with Crippen LogP contribution in [0.25, 0.3) is 0 Å². The predicted molar refractivity (Wildman–Crippen MR) is 178 cm³/mol. The third-order valence-corrected chi connectivity index (χ3v) is 7.22. The van der Waals surface area contributed by atoms with Gasteiger partial charge in [-0.2, -0.15) is 5.10 Å². The molecule has 1 N–H and O–H groups in total. The lowest BCUT2D eigenvalue weighted by molar-refractivity contribution is -0.130. The molecule has 1 aromatic carbocycles. The van der Waals surface area contributed by atoms with Crippen molar-refractivity contribution in [1.82, 2.24) is 10.3 Å². The molecule has 0 spiro atoms. The van der Waals surface area contributed by atoms with Gasteiger partial charge in [0.25, 0.3) is 0 Å². The molecule has 0 aliphatic heterocycles. The monoisotopic (exact) mass is 604 g/mol. The molecule has 0 aromatic heterocycles. The molecule has 42 heavy (non-hydrogen) atoms. The van der Waals surface area contributed by atoms with E-state index in [2.05, 4.69) is 38.0 Å². The SMILES string of the molecule is C=NNC.CC\C=C/C(OC)=C(\C=C\C/C(=N\CSC(CC)C(=O)N(CC)CCC)c1ccc(OC)c(OC)c1)OC. The number of carbonyl (C=O) groups is 1. The lowest BCUT2D eigenvalue weighted by Crippen LogP contribution is -2.38. The van der Waals surface area contributed by atoms with E-state index in [4.69, 9.17) is 23.9 Å². The molecule has 1 aromatic rings. The fraction of sp³-hybridized carbons (Fsp3) is 0.531. The van der Waals surface area contributed by atoms with Crippen LogP contribution in [0, 0.1) is 0 Å². The summed E-state index contributed by atoms with van der Waals surface area (Å²) >= 11 is 1.58. The van der Waals surface area contributed by atoms with Crippen molar-refractivity contribution in [3.63, 3.8) is 0 Å². The zero-order valence-corrected chi connectivity index (χ0v) is 27.9. The van der Waals surface area contributed by atoms with E-state index in [0.29, 0.717) is 35.3 Å². The lowest BCUT2D eigenvalue weighted by Gasteiger charge is -2.24. The number of aliphatic imine (C=N–C) groups is 1. The molecular formula is C32H52N4O5S. The Morgan fingerprint density at radius 3 is 2.12 bits per heavy atom. The van der Waals surface area contributed by atoms with E-state index in [-0.39, 0.29) is 11.2 Å². The van der Waals surface area contributed by atoms with Gasteiger partial charge in [0, 0.05) is 39.0 Å². The quantitative estimate of drug-likeness (QED) is 0.0838. The van der Waals surface area contributed by atoms with Crippen LogP contribution in [0.4, 0.5) is 0 Å². The number of benzene rings is 1. The van der Waals surface area contributed by atoms with Gasteiger partial charge in [-0.1, -0.05) is 32.9 Å². The number of carbonyl (C=O) groups excluding carboxylic acids is 1. The Bertz CT molecular complexity index is 1040. The number of methoxy groups -OCH3 is 4. The number of thioether (sulfide) groups is 1. The Balaban J connectivity index is 0.00000393. The molecule has 236 valence electrons. The summed E-state index contributed by atoms with van der Waals surface area (Å²) in [5.41, 5.74) is 4.24. The zero-order chi connectivity index (χ0) is 31.8. The standard InChI is InChI=1S/C30H46N2O5S.C2H6N2/c1-9-13-16-25(34-5)26(35-6)17-14-15-24(23-18-19-27(36-7)28(21-23)37-8)31-22-38-29(11-3)30(33)32(12-4)20-10-2;1-3-4-2/h13-14,16-19,21,29H,9-12,15,20,22H2,1-8H3;4H,1H2,2H3/b16-13-,17-14+,26-25-,31-24+;. The smallest absolute Gasteiger partial charge is 0.235 e. The molecule has 0 heterocycles. The minimum absolute atomic E-state index is 0.120. The van der Waals surface area contributed by atoms with E-state index in [1.165, 1.54) is 0 Å². The number of nitrogens with one attached hydrogen (secondary N) is 1. The van der Waals surface area contributed by atoms with E-state index >= 15 is 0 Å². The number of nitrogens with zero attached hydrogens (tertiary/aromatic N) is 3. The Morgan fingerprint density at radius 1 is 1.02 bits per heavy atom. The third-order valence-electron chi connectivity index (χ3n) is 6.01. The first kappa shape index (κ1) is 38.6. The second-order valence-corrected chi connectivity index (χ2v) is 9.88. The number of amides is 1. The molecular weight excluding hydrogens is 552 g/mol. The maximum absolute atomic E-state index is 13.0. The molecule has 0 aliphatic rings. The van der Waals surface area contributed by atoms with E-state index in [9.17, 15) is 4.79 Å². The van der Waals surface area contributed by atoms with Gasteiger partial charge in [0.15, 0.2) is 23.0 Å². The summed E-state index contributed by atoms with van der Waals surface area (Å²) < 4.78 is 22.0. The lowest BCUT2D eigenvalue weighted by atomic mass is 10.1. The van der Waals surface area contributed by atoms with Crippen molar-refractivity contribution < 1.29 is 23.7 Å². The van der Waals surface area contributed by atoms with Crippen molar-refractivity contribution in [2.24, 2.45) is 10.1 Å². The fourth-order valence-corrected chi connectivity index (χ4v) is 4.70. The Hall–Kier alpha value is -3.40. The number of allylic oxidation sites excluding steroid dienone is 4. The minimum atomic E-state index is -0.120. The maximum Gasteiger partial charge on any atom is 0.235 e. The number of hydrogen-bond acceptors (Lipinski definition) is 9. The van der Waals surface area contributed by atoms with Crippen molar-refractivity contribution in [3.8, 4) is 11.5 Å². The van der Waals surface area contributed by atoms with Gasteiger partial charge in [-0.3, -0.25) is 9.79 Å². The van der Waals surface area contributed by atoms with Crippen LogP contribution in [0.2, 0.25) is 0 Å². The summed E-state index contributed by atoms with van der Waals surface area (Å²) in [6, 6.07) is 5.77. The Labute approximate surface area is 258 Å². The molecule has 1 amide bonds. The second kappa shape index (κ2) is 24.2. The number of rotatable bonds is 19. The van der Waals surface area contributed by atoms with E-state index in [0.717, 1.165) is 43.6 Å². The highest BCUT2D eigenvalue weighted by Gasteiger charge is 2.21. The highest BCUT2D eigenvalue weighted by atomic mass is 32.2. The van der Waals surface area contributed by atoms with Gasteiger partial charge in [-0.05, 0) is 62.1 Å². The first-order valence-corrected chi connectivity index (χ1v) is 15.3. The molecule has 0 saturated carbocycles. The van der Waals surface area contributed by atoms with Crippen molar-refractivity contribution in [2.75, 3.05) is 54.5 Å². The van der Waals surface area contributed by atoms with Crippen molar-refractivity contribution in [1.29, 1.82) is 0 Å². The zero-order valence-electron chi connectivity index (χ0n) is 27.1. The van der Waals surface area contributed by atoms with Crippen molar-refractivity contribution >= 4 is 30.1 Å². The number of hydrazone groups is 1. The van der Waals surface area contributed by atoms with Gasteiger partial charge in [-0.15, -0.1) is 11.8 Å².